The molecular formula is C11H18BrNO3. The molecule has 0 unspecified atom stereocenters. The van der Waals surface area contributed by atoms with E-state index in [1.807, 2.05) is 0 Å². The number of piperidine rings is 1. The molecule has 0 bridgehead atoms. The van der Waals surface area contributed by atoms with Gasteiger partial charge in [-0.05, 0) is 19.8 Å². The van der Waals surface area contributed by atoms with Crippen LogP contribution in [-0.2, 0) is 9.53 Å². The first-order chi connectivity index (χ1) is 7.48. The monoisotopic (exact) mass is 291 g/mol. The maximum atomic E-state index is 11.5. The number of rotatable bonds is 4. The lowest BCUT2D eigenvalue weighted by molar-refractivity contribution is -0.169. The summed E-state index contributed by atoms with van der Waals surface area (Å²) in [5.74, 6) is -0.493. The van der Waals surface area contributed by atoms with Crippen LogP contribution in [0, 0.1) is 0 Å². The number of halogens is 1. The molecule has 0 atom stereocenters. The SMILES string of the molecule is C=C(Br)CN1CCC(O)(C(=O)OCC)CC1. The maximum absolute atomic E-state index is 11.5. The lowest BCUT2D eigenvalue weighted by atomic mass is 9.91. The van der Waals surface area contributed by atoms with Gasteiger partial charge in [0.05, 0.1) is 6.61 Å². The third kappa shape index (κ3) is 3.57. The fourth-order valence-electron chi connectivity index (χ4n) is 1.79. The number of ether oxygens (including phenoxy) is 1. The number of aliphatic hydroxyl groups is 1. The molecule has 0 saturated carbocycles. The average Bonchev–Trinajstić information content (AvgIpc) is 2.21. The summed E-state index contributed by atoms with van der Waals surface area (Å²) in [6.07, 6.45) is 0.845. The van der Waals surface area contributed by atoms with E-state index in [4.69, 9.17) is 4.74 Å². The van der Waals surface area contributed by atoms with E-state index >= 15 is 0 Å². The number of esters is 1. The van der Waals surface area contributed by atoms with Crippen molar-refractivity contribution in [3.05, 3.63) is 11.1 Å². The van der Waals surface area contributed by atoms with Gasteiger partial charge in [0.1, 0.15) is 0 Å². The third-order valence-corrected chi connectivity index (χ3v) is 2.98. The summed E-state index contributed by atoms with van der Waals surface area (Å²) in [5.41, 5.74) is -1.29. The summed E-state index contributed by atoms with van der Waals surface area (Å²) in [6, 6.07) is 0. The second-order valence-corrected chi connectivity index (χ2v) is 5.17. The van der Waals surface area contributed by atoms with Crippen molar-refractivity contribution >= 4 is 21.9 Å². The Balaban J connectivity index is 2.46. The van der Waals surface area contributed by atoms with Crippen LogP contribution in [0.15, 0.2) is 11.1 Å². The molecule has 1 aliphatic heterocycles. The van der Waals surface area contributed by atoms with Crippen molar-refractivity contribution in [2.75, 3.05) is 26.2 Å². The normalized spacial score (nSPS) is 20.4. The van der Waals surface area contributed by atoms with E-state index in [-0.39, 0.29) is 0 Å². The first-order valence-corrected chi connectivity index (χ1v) is 6.22. The number of hydrogen-bond acceptors (Lipinski definition) is 4. The molecule has 92 valence electrons. The standard InChI is InChI=1S/C11H18BrNO3/c1-3-16-10(14)11(15)4-6-13(7-5-11)8-9(2)12/h15H,2-8H2,1H3. The molecule has 0 amide bonds. The number of carbonyl (C=O) groups is 1. The minimum atomic E-state index is -1.29. The van der Waals surface area contributed by atoms with E-state index in [0.29, 0.717) is 32.5 Å². The number of nitrogens with zero attached hydrogens (tertiary/aromatic N) is 1. The summed E-state index contributed by atoms with van der Waals surface area (Å²) in [5, 5.41) is 10.1. The van der Waals surface area contributed by atoms with Crippen LogP contribution in [-0.4, -0.2) is 47.8 Å². The molecule has 0 aromatic heterocycles. The zero-order valence-electron chi connectivity index (χ0n) is 9.54. The Morgan fingerprint density at radius 3 is 2.56 bits per heavy atom. The van der Waals surface area contributed by atoms with Crippen LogP contribution < -0.4 is 0 Å². The zero-order chi connectivity index (χ0) is 12.2. The molecule has 0 aromatic rings. The third-order valence-electron chi connectivity index (χ3n) is 2.73. The van der Waals surface area contributed by atoms with Crippen molar-refractivity contribution in [3.8, 4) is 0 Å². The van der Waals surface area contributed by atoms with Gasteiger partial charge >= 0.3 is 5.97 Å². The molecule has 16 heavy (non-hydrogen) atoms. The minimum absolute atomic E-state index is 0.309. The quantitative estimate of drug-likeness (QED) is 0.793. The second-order valence-electron chi connectivity index (χ2n) is 4.05. The fraction of sp³-hybridized carbons (Fsp3) is 0.727. The summed E-state index contributed by atoms with van der Waals surface area (Å²) >= 11 is 3.30. The predicted molar refractivity (Wildman–Crippen MR) is 65.3 cm³/mol. The molecule has 0 aromatic carbocycles. The van der Waals surface area contributed by atoms with Crippen molar-refractivity contribution < 1.29 is 14.6 Å². The molecule has 0 spiro atoms. The van der Waals surface area contributed by atoms with Gasteiger partial charge < -0.3 is 9.84 Å². The van der Waals surface area contributed by atoms with Crippen molar-refractivity contribution in [1.82, 2.24) is 4.90 Å². The van der Waals surface area contributed by atoms with Crippen LogP contribution in [0.3, 0.4) is 0 Å². The zero-order valence-corrected chi connectivity index (χ0v) is 11.1. The van der Waals surface area contributed by atoms with Gasteiger partial charge in [0.15, 0.2) is 5.60 Å². The highest BCUT2D eigenvalue weighted by molar-refractivity contribution is 9.11. The Morgan fingerprint density at radius 1 is 1.56 bits per heavy atom. The molecule has 4 nitrogen and oxygen atoms in total. The van der Waals surface area contributed by atoms with E-state index < -0.39 is 11.6 Å². The molecule has 1 saturated heterocycles. The Morgan fingerprint density at radius 2 is 2.12 bits per heavy atom. The topological polar surface area (TPSA) is 49.8 Å². The van der Waals surface area contributed by atoms with E-state index in [1.54, 1.807) is 6.92 Å². The molecule has 1 heterocycles. The van der Waals surface area contributed by atoms with Gasteiger partial charge in [-0.1, -0.05) is 22.5 Å². The van der Waals surface area contributed by atoms with Gasteiger partial charge in [0.25, 0.3) is 0 Å². The predicted octanol–water partition coefficient (Wildman–Crippen LogP) is 1.28. The summed E-state index contributed by atoms with van der Waals surface area (Å²) in [6.45, 7) is 7.93. The Hall–Kier alpha value is -0.390. The van der Waals surface area contributed by atoms with Crippen LogP contribution in [0.25, 0.3) is 0 Å². The van der Waals surface area contributed by atoms with E-state index in [2.05, 4.69) is 27.4 Å². The van der Waals surface area contributed by atoms with Gasteiger partial charge in [0.2, 0.25) is 0 Å². The van der Waals surface area contributed by atoms with Gasteiger partial charge in [-0.2, -0.15) is 0 Å². The molecule has 1 rings (SSSR count). The Bertz CT molecular complexity index is 272. The van der Waals surface area contributed by atoms with Gasteiger partial charge in [-0.3, -0.25) is 4.90 Å². The van der Waals surface area contributed by atoms with Gasteiger partial charge in [-0.15, -0.1) is 0 Å². The highest BCUT2D eigenvalue weighted by atomic mass is 79.9. The van der Waals surface area contributed by atoms with Crippen molar-refractivity contribution in [2.24, 2.45) is 0 Å². The Labute approximate surface area is 104 Å². The minimum Gasteiger partial charge on any atom is -0.464 e. The first-order valence-electron chi connectivity index (χ1n) is 5.43. The van der Waals surface area contributed by atoms with Gasteiger partial charge in [-0.25, -0.2) is 4.79 Å². The van der Waals surface area contributed by atoms with Gasteiger partial charge in [0, 0.05) is 24.1 Å². The molecule has 1 fully saturated rings. The number of hydrogen-bond donors (Lipinski definition) is 1. The molecule has 0 radical (unpaired) electrons. The van der Waals surface area contributed by atoms with Crippen LogP contribution in [0.1, 0.15) is 19.8 Å². The highest BCUT2D eigenvalue weighted by Crippen LogP contribution is 2.24. The smallest absolute Gasteiger partial charge is 0.338 e. The Kier molecular flexibility index (Phi) is 4.95. The van der Waals surface area contributed by atoms with E-state index in [9.17, 15) is 9.90 Å². The summed E-state index contributed by atoms with van der Waals surface area (Å²) in [4.78, 5) is 13.7. The highest BCUT2D eigenvalue weighted by Gasteiger charge is 2.40. The molecule has 5 heteroatoms. The lowest BCUT2D eigenvalue weighted by Crippen LogP contribution is -2.50. The lowest BCUT2D eigenvalue weighted by Gasteiger charge is -2.36. The van der Waals surface area contributed by atoms with E-state index in [0.717, 1.165) is 11.0 Å². The van der Waals surface area contributed by atoms with Crippen LogP contribution in [0.5, 0.6) is 0 Å². The second kappa shape index (κ2) is 5.80. The number of likely N-dealkylation sites (tertiary alicyclic amines) is 1. The van der Waals surface area contributed by atoms with Crippen LogP contribution in [0.4, 0.5) is 0 Å². The largest absolute Gasteiger partial charge is 0.464 e. The van der Waals surface area contributed by atoms with Crippen LogP contribution in [0.2, 0.25) is 0 Å². The first kappa shape index (κ1) is 13.7. The molecular weight excluding hydrogens is 274 g/mol. The number of carbonyl (C=O) groups excluding carboxylic acids is 1. The van der Waals surface area contributed by atoms with Crippen LogP contribution >= 0.6 is 15.9 Å². The fourth-order valence-corrected chi connectivity index (χ4v) is 2.15. The average molecular weight is 292 g/mol. The van der Waals surface area contributed by atoms with Crippen molar-refractivity contribution in [1.29, 1.82) is 0 Å². The van der Waals surface area contributed by atoms with Crippen molar-refractivity contribution in [3.63, 3.8) is 0 Å². The van der Waals surface area contributed by atoms with Crippen molar-refractivity contribution in [2.45, 2.75) is 25.4 Å². The maximum Gasteiger partial charge on any atom is 0.338 e. The van der Waals surface area contributed by atoms with E-state index in [1.165, 1.54) is 0 Å². The molecule has 0 aliphatic carbocycles. The molecule has 1 aliphatic rings. The summed E-state index contributed by atoms with van der Waals surface area (Å²) in [7, 11) is 0. The summed E-state index contributed by atoms with van der Waals surface area (Å²) < 4.78 is 5.78. The molecule has 1 N–H and O–H groups in total.